The van der Waals surface area contributed by atoms with Gasteiger partial charge in [-0.25, -0.2) is 0 Å². The summed E-state index contributed by atoms with van der Waals surface area (Å²) in [6.45, 7) is 4.05. The summed E-state index contributed by atoms with van der Waals surface area (Å²) in [7, 11) is 2.46. The van der Waals surface area contributed by atoms with Crippen LogP contribution in [0.1, 0.15) is 13.8 Å². The summed E-state index contributed by atoms with van der Waals surface area (Å²) in [5.74, 6) is 0.286. The van der Waals surface area contributed by atoms with Crippen molar-refractivity contribution in [2.24, 2.45) is 0 Å². The van der Waals surface area contributed by atoms with E-state index in [1.165, 1.54) is 0 Å². The molecule has 1 atom stereocenters. The summed E-state index contributed by atoms with van der Waals surface area (Å²) < 4.78 is 1.74. The van der Waals surface area contributed by atoms with Gasteiger partial charge in [0, 0.05) is 12.2 Å². The van der Waals surface area contributed by atoms with Gasteiger partial charge in [-0.05, 0) is 23.2 Å². The largest absolute Gasteiger partial charge is 0.504 e. The maximum Gasteiger partial charge on any atom is 0.156 e. The lowest BCUT2D eigenvalue weighted by Gasteiger charge is -2.06. The molecule has 4 heteroatoms. The Bertz CT molecular complexity index is 245. The average molecular weight is 172 g/mol. The second-order valence-electron chi connectivity index (χ2n) is 2.80. The molecule has 3 nitrogen and oxygen atoms in total. The second-order valence-corrected chi connectivity index (χ2v) is 3.40. The average Bonchev–Trinajstić information content (AvgIpc) is 2.09. The number of nitrogens with zero attached hydrogens (tertiary/aromatic N) is 1. The highest BCUT2D eigenvalue weighted by Gasteiger charge is 2.03. The van der Waals surface area contributed by atoms with Gasteiger partial charge in [0.25, 0.3) is 0 Å². The third kappa shape index (κ3) is 2.12. The fraction of sp³-hybridized carbons (Fsp3) is 0.429. The summed E-state index contributed by atoms with van der Waals surface area (Å²) in [6, 6.07) is 0.341. The summed E-state index contributed by atoms with van der Waals surface area (Å²) in [4.78, 5) is 0. The minimum absolute atomic E-state index is 0.286. The van der Waals surface area contributed by atoms with Gasteiger partial charge in [-0.3, -0.25) is 0 Å². The highest BCUT2D eigenvalue weighted by atomic mass is 31.0. The molecule has 1 rings (SSSR count). The zero-order chi connectivity index (χ0) is 8.43. The molecule has 2 N–H and O–H groups in total. The van der Waals surface area contributed by atoms with E-state index in [9.17, 15) is 5.11 Å². The van der Waals surface area contributed by atoms with Crippen LogP contribution in [0.3, 0.4) is 0 Å². The van der Waals surface area contributed by atoms with Crippen LogP contribution in [0.4, 0.5) is 5.69 Å². The fourth-order valence-electron chi connectivity index (χ4n) is 0.885. The van der Waals surface area contributed by atoms with Crippen LogP contribution in [-0.4, -0.2) is 15.5 Å². The third-order valence-electron chi connectivity index (χ3n) is 1.27. The number of rotatable bonds is 2. The van der Waals surface area contributed by atoms with Gasteiger partial charge in [-0.15, -0.1) is 0 Å². The van der Waals surface area contributed by atoms with Gasteiger partial charge in [0.15, 0.2) is 5.75 Å². The van der Waals surface area contributed by atoms with Crippen LogP contribution in [0.15, 0.2) is 12.4 Å². The van der Waals surface area contributed by atoms with Crippen molar-refractivity contribution in [3.8, 4) is 5.75 Å². The van der Waals surface area contributed by atoms with E-state index >= 15 is 0 Å². The molecule has 0 spiro atoms. The van der Waals surface area contributed by atoms with Gasteiger partial charge in [0.05, 0.1) is 11.9 Å². The Labute approximate surface area is 68.7 Å². The van der Waals surface area contributed by atoms with E-state index < -0.39 is 0 Å². The molecule has 0 aliphatic carbocycles. The first kappa shape index (κ1) is 8.41. The van der Waals surface area contributed by atoms with Crippen molar-refractivity contribution in [3.05, 3.63) is 12.4 Å². The number of anilines is 1. The van der Waals surface area contributed by atoms with Crippen molar-refractivity contribution < 1.29 is 5.11 Å². The van der Waals surface area contributed by atoms with E-state index in [0.717, 1.165) is 5.69 Å². The Kier molecular flexibility index (Phi) is 2.40. The summed E-state index contributed by atoms with van der Waals surface area (Å²) in [5.41, 5.74) is 0.773. The molecule has 1 aromatic heterocycles. The SMILES string of the molecule is CC(C)Nc1cn(P)cc1O. The molecule has 62 valence electrons. The van der Waals surface area contributed by atoms with Gasteiger partial charge in [-0.1, -0.05) is 0 Å². The molecule has 1 unspecified atom stereocenters. The van der Waals surface area contributed by atoms with Crippen LogP contribution in [0.25, 0.3) is 0 Å². The number of hydrogen-bond acceptors (Lipinski definition) is 2. The minimum atomic E-state index is 0.286. The molecule has 0 saturated carbocycles. The van der Waals surface area contributed by atoms with Crippen LogP contribution in [0, 0.1) is 0 Å². The van der Waals surface area contributed by atoms with Crippen molar-refractivity contribution >= 4 is 15.1 Å². The molecular weight excluding hydrogens is 159 g/mol. The van der Waals surface area contributed by atoms with E-state index in [-0.39, 0.29) is 5.75 Å². The van der Waals surface area contributed by atoms with Crippen molar-refractivity contribution in [2.45, 2.75) is 19.9 Å². The van der Waals surface area contributed by atoms with Crippen LogP contribution in [-0.2, 0) is 0 Å². The minimum Gasteiger partial charge on any atom is -0.504 e. The fourth-order valence-corrected chi connectivity index (χ4v) is 1.18. The molecule has 0 bridgehead atoms. The number of nitrogens with one attached hydrogen (secondary N) is 1. The van der Waals surface area contributed by atoms with Gasteiger partial charge in [-0.2, -0.15) is 0 Å². The molecule has 1 aromatic rings. The summed E-state index contributed by atoms with van der Waals surface area (Å²) >= 11 is 0. The molecular formula is C7H13N2OP. The smallest absolute Gasteiger partial charge is 0.156 e. The lowest BCUT2D eigenvalue weighted by atomic mass is 10.3. The molecule has 0 amide bonds. The molecule has 1 heterocycles. The monoisotopic (exact) mass is 172 g/mol. The second kappa shape index (κ2) is 3.14. The lowest BCUT2D eigenvalue weighted by Crippen LogP contribution is -2.08. The first-order valence-corrected chi connectivity index (χ1v) is 4.04. The van der Waals surface area contributed by atoms with E-state index in [1.807, 2.05) is 20.0 Å². The molecule has 0 saturated heterocycles. The first-order chi connectivity index (χ1) is 5.09. The Morgan fingerprint density at radius 1 is 1.55 bits per heavy atom. The summed E-state index contributed by atoms with van der Waals surface area (Å²) in [6.07, 6.45) is 3.45. The molecule has 0 aromatic carbocycles. The van der Waals surface area contributed by atoms with E-state index in [1.54, 1.807) is 10.5 Å². The Hall–Kier alpha value is -0.690. The highest BCUT2D eigenvalue weighted by molar-refractivity contribution is 7.14. The van der Waals surface area contributed by atoms with Gasteiger partial charge in [0.2, 0.25) is 0 Å². The van der Waals surface area contributed by atoms with Crippen LogP contribution in [0.5, 0.6) is 5.75 Å². The van der Waals surface area contributed by atoms with Crippen molar-refractivity contribution in [1.82, 2.24) is 4.34 Å². The Morgan fingerprint density at radius 3 is 2.55 bits per heavy atom. The first-order valence-electron chi connectivity index (χ1n) is 3.52. The highest BCUT2D eigenvalue weighted by Crippen LogP contribution is 2.25. The number of hydrogen-bond donors (Lipinski definition) is 2. The Balaban J connectivity index is 2.77. The Morgan fingerprint density at radius 2 is 2.18 bits per heavy atom. The summed E-state index contributed by atoms with van der Waals surface area (Å²) in [5, 5.41) is 12.4. The maximum atomic E-state index is 9.28. The normalized spacial score (nSPS) is 10.5. The zero-order valence-electron chi connectivity index (χ0n) is 6.70. The standard InChI is InChI=1S/C7H13N2OP/c1-5(2)8-6-3-9(11)4-7(6)10/h3-5,8,10H,11H2,1-2H3. The van der Waals surface area contributed by atoms with E-state index in [4.69, 9.17) is 0 Å². The topological polar surface area (TPSA) is 37.2 Å². The molecule has 0 radical (unpaired) electrons. The predicted octanol–water partition coefficient (Wildman–Crippen LogP) is 1.65. The zero-order valence-corrected chi connectivity index (χ0v) is 7.86. The van der Waals surface area contributed by atoms with Crippen LogP contribution >= 0.6 is 9.39 Å². The number of aromatic nitrogens is 1. The van der Waals surface area contributed by atoms with Crippen molar-refractivity contribution in [2.75, 3.05) is 5.32 Å². The number of aromatic hydroxyl groups is 1. The van der Waals surface area contributed by atoms with E-state index in [0.29, 0.717) is 6.04 Å². The van der Waals surface area contributed by atoms with Crippen LogP contribution in [0.2, 0.25) is 0 Å². The van der Waals surface area contributed by atoms with Crippen molar-refractivity contribution in [3.63, 3.8) is 0 Å². The molecule has 0 fully saturated rings. The predicted molar refractivity (Wildman–Crippen MR) is 50.0 cm³/mol. The quantitative estimate of drug-likeness (QED) is 0.665. The van der Waals surface area contributed by atoms with E-state index in [2.05, 4.69) is 14.7 Å². The molecule has 11 heavy (non-hydrogen) atoms. The third-order valence-corrected chi connectivity index (χ3v) is 1.57. The van der Waals surface area contributed by atoms with Gasteiger partial charge >= 0.3 is 0 Å². The van der Waals surface area contributed by atoms with Gasteiger partial charge < -0.3 is 14.8 Å². The molecule has 0 aliphatic rings. The van der Waals surface area contributed by atoms with Gasteiger partial charge in [0.1, 0.15) is 0 Å². The van der Waals surface area contributed by atoms with Crippen molar-refractivity contribution in [1.29, 1.82) is 0 Å². The lowest BCUT2D eigenvalue weighted by molar-refractivity contribution is 0.477. The maximum absolute atomic E-state index is 9.28. The molecule has 0 aliphatic heterocycles. The van der Waals surface area contributed by atoms with Crippen LogP contribution < -0.4 is 5.32 Å².